The Labute approximate surface area is 115 Å². The largest absolute Gasteiger partial charge is 0.483 e. The van der Waals surface area contributed by atoms with Gasteiger partial charge in [0.2, 0.25) is 5.75 Å². The summed E-state index contributed by atoms with van der Waals surface area (Å²) in [5.74, 6) is -0.972. The number of ether oxygens (including phenoxy) is 4. The van der Waals surface area contributed by atoms with Crippen molar-refractivity contribution in [2.75, 3.05) is 19.8 Å². The number of carbonyl (C=O) groups excluding carboxylic acids is 2. The van der Waals surface area contributed by atoms with Crippen LogP contribution in [0.2, 0.25) is 0 Å². The van der Waals surface area contributed by atoms with Gasteiger partial charge in [-0.05, 0) is 19.9 Å². The van der Waals surface area contributed by atoms with Crippen LogP contribution < -0.4 is 9.47 Å². The molecule has 1 aliphatic heterocycles. The topological polar surface area (TPSA) is 86.9 Å². The van der Waals surface area contributed by atoms with E-state index in [1.54, 1.807) is 19.9 Å². The Morgan fingerprint density at radius 3 is 2.35 bits per heavy atom. The van der Waals surface area contributed by atoms with Gasteiger partial charge >= 0.3 is 11.9 Å². The molecule has 0 fully saturated rings. The maximum absolute atomic E-state index is 11.9. The fourth-order valence-electron chi connectivity index (χ4n) is 1.70. The monoisotopic (exact) mass is 281 g/mol. The third-order valence-corrected chi connectivity index (χ3v) is 2.48. The van der Waals surface area contributed by atoms with E-state index in [4.69, 9.17) is 18.9 Å². The van der Waals surface area contributed by atoms with Crippen molar-refractivity contribution >= 4 is 11.9 Å². The number of H-pyrrole nitrogens is 1. The summed E-state index contributed by atoms with van der Waals surface area (Å²) in [6, 6.07) is 0. The van der Waals surface area contributed by atoms with Crippen molar-refractivity contribution < 1.29 is 28.5 Å². The van der Waals surface area contributed by atoms with Crippen molar-refractivity contribution in [2.24, 2.45) is 0 Å². The first-order valence-corrected chi connectivity index (χ1v) is 6.23. The van der Waals surface area contributed by atoms with Crippen LogP contribution in [0, 0.1) is 0 Å². The summed E-state index contributed by atoms with van der Waals surface area (Å²) in [5.41, 5.74) is 0.0602. The second kappa shape index (κ2) is 6.14. The van der Waals surface area contributed by atoms with Crippen LogP contribution in [0.1, 0.15) is 34.8 Å². The Kier molecular flexibility index (Phi) is 4.29. The van der Waals surface area contributed by atoms with Gasteiger partial charge in [-0.3, -0.25) is 0 Å². The number of aromatic amines is 1. The highest BCUT2D eigenvalue weighted by molar-refractivity contribution is 5.99. The van der Waals surface area contributed by atoms with Gasteiger partial charge in [0.25, 0.3) is 0 Å². The van der Waals surface area contributed by atoms with E-state index in [0.29, 0.717) is 0 Å². The fraction of sp³-hybridized carbons (Fsp3) is 0.385. The lowest BCUT2D eigenvalue weighted by Crippen LogP contribution is -2.09. The first-order valence-electron chi connectivity index (χ1n) is 6.23. The van der Waals surface area contributed by atoms with E-state index >= 15 is 0 Å². The van der Waals surface area contributed by atoms with Crippen LogP contribution in [0.3, 0.4) is 0 Å². The number of esters is 2. The molecule has 0 aliphatic carbocycles. The van der Waals surface area contributed by atoms with E-state index in [9.17, 15) is 9.59 Å². The molecular formula is C13H15NO6. The highest BCUT2D eigenvalue weighted by atomic mass is 16.6. The minimum Gasteiger partial charge on any atom is -0.483 e. The molecule has 108 valence electrons. The lowest BCUT2D eigenvalue weighted by molar-refractivity contribution is 0.0514. The second-order valence-electron chi connectivity index (χ2n) is 3.77. The molecule has 0 spiro atoms. The Hall–Kier alpha value is -2.44. The van der Waals surface area contributed by atoms with Crippen molar-refractivity contribution in [3.05, 3.63) is 23.7 Å². The molecule has 20 heavy (non-hydrogen) atoms. The first-order chi connectivity index (χ1) is 9.69. The first kappa shape index (κ1) is 14.0. The second-order valence-corrected chi connectivity index (χ2v) is 3.77. The van der Waals surface area contributed by atoms with E-state index in [1.807, 2.05) is 0 Å². The van der Waals surface area contributed by atoms with E-state index in [-0.39, 0.29) is 42.7 Å². The summed E-state index contributed by atoms with van der Waals surface area (Å²) >= 11 is 0. The molecule has 0 saturated heterocycles. The predicted molar refractivity (Wildman–Crippen MR) is 68.0 cm³/mol. The summed E-state index contributed by atoms with van der Waals surface area (Å²) in [5, 5.41) is 0. The number of fused-ring (bicyclic) bond motifs is 1. The van der Waals surface area contributed by atoms with E-state index in [2.05, 4.69) is 4.98 Å². The third-order valence-electron chi connectivity index (χ3n) is 2.48. The van der Waals surface area contributed by atoms with Gasteiger partial charge in [0, 0.05) is 0 Å². The molecule has 1 aliphatic rings. The molecule has 7 heteroatoms. The van der Waals surface area contributed by atoms with Crippen molar-refractivity contribution in [2.45, 2.75) is 13.8 Å². The summed E-state index contributed by atoms with van der Waals surface area (Å²) in [4.78, 5) is 26.4. The van der Waals surface area contributed by atoms with Crippen molar-refractivity contribution in [1.29, 1.82) is 0 Å². The Morgan fingerprint density at radius 2 is 1.75 bits per heavy atom. The quantitative estimate of drug-likeness (QED) is 0.844. The normalized spacial score (nSPS) is 12.7. The predicted octanol–water partition coefficient (Wildman–Crippen LogP) is 1.65. The minimum absolute atomic E-state index is 0.0245. The van der Waals surface area contributed by atoms with E-state index < -0.39 is 11.9 Å². The molecule has 0 bridgehead atoms. The average molecular weight is 281 g/mol. The molecule has 0 radical (unpaired) electrons. The number of rotatable bonds is 4. The molecule has 0 saturated carbocycles. The van der Waals surface area contributed by atoms with Gasteiger partial charge in [-0.15, -0.1) is 0 Å². The molecule has 1 aromatic heterocycles. The zero-order chi connectivity index (χ0) is 14.5. The van der Waals surface area contributed by atoms with Gasteiger partial charge in [0.05, 0.1) is 19.5 Å². The van der Waals surface area contributed by atoms with Gasteiger partial charge < -0.3 is 23.9 Å². The van der Waals surface area contributed by atoms with Gasteiger partial charge in [0.1, 0.15) is 6.61 Å². The molecular weight excluding hydrogens is 266 g/mol. The summed E-state index contributed by atoms with van der Waals surface area (Å²) in [6.07, 6.45) is 3.00. The fourth-order valence-corrected chi connectivity index (χ4v) is 1.70. The lowest BCUT2D eigenvalue weighted by Gasteiger charge is -2.04. The summed E-state index contributed by atoms with van der Waals surface area (Å²) in [7, 11) is 0. The number of hydrogen-bond acceptors (Lipinski definition) is 6. The molecule has 1 aromatic rings. The number of carbonyl (C=O) groups is 2. The maximum atomic E-state index is 11.9. The molecule has 0 aromatic carbocycles. The third kappa shape index (κ3) is 2.61. The van der Waals surface area contributed by atoms with Crippen LogP contribution in [-0.4, -0.2) is 36.7 Å². The number of aromatic nitrogens is 1. The summed E-state index contributed by atoms with van der Waals surface area (Å²) < 4.78 is 20.5. The Morgan fingerprint density at radius 1 is 1.15 bits per heavy atom. The maximum Gasteiger partial charge on any atom is 0.358 e. The van der Waals surface area contributed by atoms with Crippen LogP contribution >= 0.6 is 0 Å². The zero-order valence-electron chi connectivity index (χ0n) is 11.2. The molecule has 2 heterocycles. The smallest absolute Gasteiger partial charge is 0.358 e. The van der Waals surface area contributed by atoms with Crippen LogP contribution in [0.5, 0.6) is 11.5 Å². The van der Waals surface area contributed by atoms with E-state index in [0.717, 1.165) is 0 Å². The lowest BCUT2D eigenvalue weighted by atomic mass is 10.3. The van der Waals surface area contributed by atoms with Crippen LogP contribution in [0.4, 0.5) is 0 Å². The summed E-state index contributed by atoms with van der Waals surface area (Å²) in [6.45, 7) is 4.01. The minimum atomic E-state index is -0.627. The standard InChI is InChI=1S/C13H15NO6/c1-3-17-12(15)8-10-11(20-7-5-6-19-10)9(14-8)13(16)18-4-2/h5-6,14H,3-4,7H2,1-2H3. The molecule has 1 N–H and O–H groups in total. The molecule has 0 amide bonds. The molecule has 7 nitrogen and oxygen atoms in total. The Bertz CT molecular complexity index is 545. The average Bonchev–Trinajstić information content (AvgIpc) is 2.62. The van der Waals surface area contributed by atoms with Crippen molar-refractivity contribution in [3.8, 4) is 11.5 Å². The Balaban J connectivity index is 2.44. The van der Waals surface area contributed by atoms with Crippen molar-refractivity contribution in [1.82, 2.24) is 4.98 Å². The van der Waals surface area contributed by atoms with Gasteiger partial charge in [0.15, 0.2) is 17.1 Å². The highest BCUT2D eigenvalue weighted by Crippen LogP contribution is 2.37. The van der Waals surface area contributed by atoms with Gasteiger partial charge in [-0.1, -0.05) is 0 Å². The number of nitrogens with one attached hydrogen (secondary N) is 1. The van der Waals surface area contributed by atoms with Crippen LogP contribution in [0.25, 0.3) is 0 Å². The van der Waals surface area contributed by atoms with Gasteiger partial charge in [-0.25, -0.2) is 9.59 Å². The SMILES string of the molecule is CCOC(=O)c1[nH]c(C(=O)OCC)c2c1OC=CCO2. The van der Waals surface area contributed by atoms with Gasteiger partial charge in [-0.2, -0.15) is 0 Å². The van der Waals surface area contributed by atoms with Crippen LogP contribution in [-0.2, 0) is 9.47 Å². The van der Waals surface area contributed by atoms with Crippen LogP contribution in [0.15, 0.2) is 12.3 Å². The van der Waals surface area contributed by atoms with E-state index in [1.165, 1.54) is 6.26 Å². The zero-order valence-corrected chi connectivity index (χ0v) is 11.2. The van der Waals surface area contributed by atoms with Crippen molar-refractivity contribution in [3.63, 3.8) is 0 Å². The molecule has 0 unspecified atom stereocenters. The highest BCUT2D eigenvalue weighted by Gasteiger charge is 2.30. The molecule has 2 rings (SSSR count). The number of hydrogen-bond donors (Lipinski definition) is 1. The molecule has 0 atom stereocenters.